The van der Waals surface area contributed by atoms with Crippen molar-refractivity contribution < 1.29 is 14.6 Å². The van der Waals surface area contributed by atoms with Gasteiger partial charge in [-0.25, -0.2) is 4.98 Å². The SMILES string of the molecule is C=Cc1ccc(OCCOCCO)nc1. The molecule has 0 aliphatic carbocycles. The zero-order valence-corrected chi connectivity index (χ0v) is 8.56. The van der Waals surface area contributed by atoms with Gasteiger partial charge < -0.3 is 14.6 Å². The molecule has 1 rings (SSSR count). The van der Waals surface area contributed by atoms with Crippen LogP contribution in [0.25, 0.3) is 6.08 Å². The molecule has 0 saturated heterocycles. The van der Waals surface area contributed by atoms with E-state index < -0.39 is 0 Å². The molecule has 0 fully saturated rings. The first-order valence-corrected chi connectivity index (χ1v) is 4.76. The van der Waals surface area contributed by atoms with E-state index in [4.69, 9.17) is 14.6 Å². The number of rotatable bonds is 7. The number of aromatic nitrogens is 1. The highest BCUT2D eigenvalue weighted by Gasteiger charge is 1.94. The summed E-state index contributed by atoms with van der Waals surface area (Å²) in [6.07, 6.45) is 3.41. The maximum Gasteiger partial charge on any atom is 0.213 e. The average molecular weight is 209 g/mol. The number of hydrogen-bond donors (Lipinski definition) is 1. The van der Waals surface area contributed by atoms with Crippen molar-refractivity contribution in [3.05, 3.63) is 30.5 Å². The third-order valence-electron chi connectivity index (χ3n) is 1.71. The van der Waals surface area contributed by atoms with Crippen molar-refractivity contribution in [3.8, 4) is 5.88 Å². The Morgan fingerprint density at radius 2 is 2.20 bits per heavy atom. The van der Waals surface area contributed by atoms with Crippen LogP contribution in [0.2, 0.25) is 0 Å². The summed E-state index contributed by atoms with van der Waals surface area (Å²) in [6.45, 7) is 4.89. The van der Waals surface area contributed by atoms with Crippen molar-refractivity contribution >= 4 is 6.08 Å². The minimum atomic E-state index is 0.0340. The summed E-state index contributed by atoms with van der Waals surface area (Å²) >= 11 is 0. The second-order valence-electron chi connectivity index (χ2n) is 2.82. The number of hydrogen-bond acceptors (Lipinski definition) is 4. The van der Waals surface area contributed by atoms with E-state index in [9.17, 15) is 0 Å². The minimum Gasteiger partial charge on any atom is -0.475 e. The largest absolute Gasteiger partial charge is 0.475 e. The van der Waals surface area contributed by atoms with Crippen LogP contribution in [0, 0.1) is 0 Å². The Morgan fingerprint density at radius 1 is 1.33 bits per heavy atom. The van der Waals surface area contributed by atoms with Crippen LogP contribution in [0.15, 0.2) is 24.9 Å². The van der Waals surface area contributed by atoms with Crippen LogP contribution in [0.1, 0.15) is 5.56 Å². The number of nitrogens with zero attached hydrogens (tertiary/aromatic N) is 1. The first-order valence-electron chi connectivity index (χ1n) is 4.76. The van der Waals surface area contributed by atoms with Crippen molar-refractivity contribution in [2.75, 3.05) is 26.4 Å². The molecule has 1 heterocycles. The van der Waals surface area contributed by atoms with E-state index in [1.807, 2.05) is 6.07 Å². The van der Waals surface area contributed by atoms with E-state index >= 15 is 0 Å². The van der Waals surface area contributed by atoms with E-state index in [0.717, 1.165) is 5.56 Å². The van der Waals surface area contributed by atoms with Gasteiger partial charge in [0, 0.05) is 12.3 Å². The van der Waals surface area contributed by atoms with Gasteiger partial charge in [-0.05, 0) is 11.6 Å². The molecule has 0 atom stereocenters. The van der Waals surface area contributed by atoms with Crippen LogP contribution in [-0.4, -0.2) is 36.5 Å². The molecule has 0 unspecified atom stereocenters. The van der Waals surface area contributed by atoms with Crippen molar-refractivity contribution in [3.63, 3.8) is 0 Å². The van der Waals surface area contributed by atoms with Gasteiger partial charge in [0.1, 0.15) is 6.61 Å². The quantitative estimate of drug-likeness (QED) is 0.683. The average Bonchev–Trinajstić information content (AvgIpc) is 2.30. The lowest BCUT2D eigenvalue weighted by Crippen LogP contribution is -2.09. The molecule has 0 aliphatic heterocycles. The van der Waals surface area contributed by atoms with Gasteiger partial charge >= 0.3 is 0 Å². The van der Waals surface area contributed by atoms with Gasteiger partial charge in [0.15, 0.2) is 0 Å². The van der Waals surface area contributed by atoms with Gasteiger partial charge in [0.2, 0.25) is 5.88 Å². The molecule has 0 amide bonds. The monoisotopic (exact) mass is 209 g/mol. The van der Waals surface area contributed by atoms with Crippen LogP contribution in [0.3, 0.4) is 0 Å². The summed E-state index contributed by atoms with van der Waals surface area (Å²) in [5.74, 6) is 0.563. The number of aliphatic hydroxyl groups excluding tert-OH is 1. The summed E-state index contributed by atoms with van der Waals surface area (Å²) in [5.41, 5.74) is 0.957. The van der Waals surface area contributed by atoms with Crippen molar-refractivity contribution in [2.24, 2.45) is 0 Å². The van der Waals surface area contributed by atoms with Gasteiger partial charge in [-0.1, -0.05) is 12.7 Å². The third kappa shape index (κ3) is 4.58. The number of ether oxygens (including phenoxy) is 2. The second kappa shape index (κ2) is 6.98. The molecule has 1 aromatic heterocycles. The molecule has 0 bridgehead atoms. The summed E-state index contributed by atoms with van der Waals surface area (Å²) in [6, 6.07) is 3.66. The van der Waals surface area contributed by atoms with E-state index in [0.29, 0.717) is 25.7 Å². The summed E-state index contributed by atoms with van der Waals surface area (Å²) < 4.78 is 10.3. The lowest BCUT2D eigenvalue weighted by Gasteiger charge is -2.05. The van der Waals surface area contributed by atoms with Gasteiger partial charge in [0.25, 0.3) is 0 Å². The zero-order chi connectivity index (χ0) is 10.9. The van der Waals surface area contributed by atoms with Crippen LogP contribution < -0.4 is 4.74 Å². The molecule has 82 valence electrons. The highest BCUT2D eigenvalue weighted by Crippen LogP contribution is 2.07. The van der Waals surface area contributed by atoms with Gasteiger partial charge in [-0.15, -0.1) is 0 Å². The molecule has 1 N–H and O–H groups in total. The fourth-order valence-corrected chi connectivity index (χ4v) is 0.970. The van der Waals surface area contributed by atoms with E-state index in [1.165, 1.54) is 0 Å². The molecule has 15 heavy (non-hydrogen) atoms. The van der Waals surface area contributed by atoms with Crippen LogP contribution in [-0.2, 0) is 4.74 Å². The Bertz CT molecular complexity index is 284. The maximum atomic E-state index is 8.45. The Morgan fingerprint density at radius 3 is 2.80 bits per heavy atom. The molecule has 0 radical (unpaired) electrons. The predicted octanol–water partition coefficient (Wildman–Crippen LogP) is 1.11. The Hall–Kier alpha value is -1.39. The highest BCUT2D eigenvalue weighted by molar-refractivity contribution is 5.45. The fraction of sp³-hybridized carbons (Fsp3) is 0.364. The zero-order valence-electron chi connectivity index (χ0n) is 8.56. The topological polar surface area (TPSA) is 51.6 Å². The molecular weight excluding hydrogens is 194 g/mol. The Balaban J connectivity index is 2.22. The van der Waals surface area contributed by atoms with Crippen LogP contribution in [0.4, 0.5) is 0 Å². The molecule has 0 saturated carbocycles. The molecular formula is C11H15NO3. The fourth-order valence-electron chi connectivity index (χ4n) is 0.970. The van der Waals surface area contributed by atoms with Gasteiger partial charge in [0.05, 0.1) is 19.8 Å². The molecule has 0 spiro atoms. The molecule has 4 heteroatoms. The first kappa shape index (κ1) is 11.7. The Kier molecular flexibility index (Phi) is 5.43. The standard InChI is InChI=1S/C11H15NO3/c1-2-10-3-4-11(12-9-10)15-8-7-14-6-5-13/h2-4,9,13H,1,5-8H2. The van der Waals surface area contributed by atoms with Crippen molar-refractivity contribution in [1.82, 2.24) is 4.98 Å². The summed E-state index contributed by atoms with van der Waals surface area (Å²) in [7, 11) is 0. The van der Waals surface area contributed by atoms with Crippen molar-refractivity contribution in [1.29, 1.82) is 0 Å². The number of aliphatic hydroxyl groups is 1. The van der Waals surface area contributed by atoms with Crippen LogP contribution >= 0.6 is 0 Å². The minimum absolute atomic E-state index is 0.0340. The Labute approximate surface area is 89.2 Å². The molecule has 0 aliphatic rings. The van der Waals surface area contributed by atoms with Crippen molar-refractivity contribution in [2.45, 2.75) is 0 Å². The van der Waals surface area contributed by atoms with Gasteiger partial charge in [-0.3, -0.25) is 0 Å². The van der Waals surface area contributed by atoms with E-state index in [-0.39, 0.29) is 6.61 Å². The predicted molar refractivity (Wildman–Crippen MR) is 57.7 cm³/mol. The molecule has 1 aromatic rings. The van der Waals surface area contributed by atoms with Crippen LogP contribution in [0.5, 0.6) is 5.88 Å². The van der Waals surface area contributed by atoms with E-state index in [1.54, 1.807) is 18.3 Å². The molecule has 0 aromatic carbocycles. The third-order valence-corrected chi connectivity index (χ3v) is 1.71. The maximum absolute atomic E-state index is 8.45. The molecule has 4 nitrogen and oxygen atoms in total. The lowest BCUT2D eigenvalue weighted by molar-refractivity contribution is 0.0695. The summed E-state index contributed by atoms with van der Waals surface area (Å²) in [5, 5.41) is 8.45. The lowest BCUT2D eigenvalue weighted by atomic mass is 10.3. The van der Waals surface area contributed by atoms with Gasteiger partial charge in [-0.2, -0.15) is 0 Å². The second-order valence-corrected chi connectivity index (χ2v) is 2.82. The first-order chi connectivity index (χ1) is 7.36. The highest BCUT2D eigenvalue weighted by atomic mass is 16.5. The normalized spacial score (nSPS) is 9.93. The van der Waals surface area contributed by atoms with E-state index in [2.05, 4.69) is 11.6 Å². The number of pyridine rings is 1. The summed E-state index contributed by atoms with van der Waals surface area (Å²) in [4.78, 5) is 4.07. The smallest absolute Gasteiger partial charge is 0.213 e.